The molecule has 1 aliphatic carbocycles. The molecule has 1 saturated carbocycles. The number of hydrogen-bond donors (Lipinski definition) is 1. The molecule has 1 heterocycles. The van der Waals surface area contributed by atoms with Crippen LogP contribution in [0, 0.1) is 12.8 Å². The van der Waals surface area contributed by atoms with Crippen LogP contribution in [0.15, 0.2) is 53.7 Å². The van der Waals surface area contributed by atoms with Crippen LogP contribution >= 0.6 is 11.8 Å². The Morgan fingerprint density at radius 1 is 1.03 bits per heavy atom. The molecule has 4 rings (SSSR count). The van der Waals surface area contributed by atoms with Crippen molar-refractivity contribution in [3.63, 3.8) is 0 Å². The average Bonchev–Trinajstić information content (AvgIpc) is 3.70. The molecule has 0 amide bonds. The monoisotopic (exact) mass is 465 g/mol. The highest BCUT2D eigenvalue weighted by Crippen LogP contribution is 2.33. The van der Waals surface area contributed by atoms with Gasteiger partial charge in [0, 0.05) is 5.75 Å². The average molecular weight is 466 g/mol. The van der Waals surface area contributed by atoms with Gasteiger partial charge in [0.2, 0.25) is 11.8 Å². The highest BCUT2D eigenvalue weighted by Gasteiger charge is 2.31. The van der Waals surface area contributed by atoms with Gasteiger partial charge in [0.15, 0.2) is 5.16 Å². The molecular formula is C25H27N3O4S. The Balaban J connectivity index is 1.47. The standard InChI is InChI=1S/C25H27N3O4S/c1-16-19(10-7-11-20(16)17-8-5-4-6-9-17)15-33-25-27-22(30-2)21(23(28-25)31-3)14-26-32-24(29)18-12-13-18/h4-11,18,26H,12-15H2,1-3H3. The van der Waals surface area contributed by atoms with Crippen molar-refractivity contribution in [2.45, 2.75) is 37.2 Å². The van der Waals surface area contributed by atoms with E-state index < -0.39 is 0 Å². The van der Waals surface area contributed by atoms with E-state index in [2.05, 4.69) is 52.7 Å². The van der Waals surface area contributed by atoms with Crippen LogP contribution < -0.4 is 15.0 Å². The van der Waals surface area contributed by atoms with Gasteiger partial charge in [-0.15, -0.1) is 5.48 Å². The molecule has 2 aromatic carbocycles. The predicted molar refractivity (Wildman–Crippen MR) is 127 cm³/mol. The predicted octanol–water partition coefficient (Wildman–Crippen LogP) is 4.72. The second-order valence-corrected chi connectivity index (χ2v) is 8.71. The number of rotatable bonds is 10. The minimum absolute atomic E-state index is 0.0140. The molecule has 1 aliphatic rings. The summed E-state index contributed by atoms with van der Waals surface area (Å²) in [5.41, 5.74) is 8.12. The minimum atomic E-state index is -0.242. The molecule has 33 heavy (non-hydrogen) atoms. The van der Waals surface area contributed by atoms with Gasteiger partial charge in [-0.05, 0) is 42.0 Å². The Labute approximate surface area is 197 Å². The largest absolute Gasteiger partial charge is 0.481 e. The first-order valence-corrected chi connectivity index (χ1v) is 11.8. The van der Waals surface area contributed by atoms with E-state index >= 15 is 0 Å². The summed E-state index contributed by atoms with van der Waals surface area (Å²) >= 11 is 1.51. The number of benzene rings is 2. The summed E-state index contributed by atoms with van der Waals surface area (Å²) in [4.78, 5) is 25.9. The summed E-state index contributed by atoms with van der Waals surface area (Å²) in [5.74, 6) is 1.24. The highest BCUT2D eigenvalue weighted by atomic mass is 32.2. The summed E-state index contributed by atoms with van der Waals surface area (Å²) in [7, 11) is 3.09. The van der Waals surface area contributed by atoms with Crippen LogP contribution in [-0.2, 0) is 21.9 Å². The van der Waals surface area contributed by atoms with E-state index in [9.17, 15) is 4.79 Å². The van der Waals surface area contributed by atoms with E-state index in [-0.39, 0.29) is 18.4 Å². The Hall–Kier alpha value is -3.10. The molecule has 3 aromatic rings. The number of thioether (sulfide) groups is 1. The van der Waals surface area contributed by atoms with Crippen LogP contribution in [0.2, 0.25) is 0 Å². The lowest BCUT2D eigenvalue weighted by Gasteiger charge is -2.14. The lowest BCUT2D eigenvalue weighted by Crippen LogP contribution is -2.21. The molecule has 1 fully saturated rings. The van der Waals surface area contributed by atoms with E-state index in [1.54, 1.807) is 14.2 Å². The van der Waals surface area contributed by atoms with Crippen LogP contribution in [0.5, 0.6) is 11.8 Å². The van der Waals surface area contributed by atoms with Crippen molar-refractivity contribution in [1.29, 1.82) is 0 Å². The van der Waals surface area contributed by atoms with Gasteiger partial charge in [-0.3, -0.25) is 4.79 Å². The molecule has 0 spiro atoms. The first kappa shape index (κ1) is 23.1. The van der Waals surface area contributed by atoms with E-state index in [1.807, 2.05) is 18.2 Å². The van der Waals surface area contributed by atoms with Crippen LogP contribution in [0.3, 0.4) is 0 Å². The SMILES string of the molecule is COc1nc(SCc2cccc(-c3ccccc3)c2C)nc(OC)c1CNOC(=O)C1CC1. The third-order valence-corrected chi connectivity index (χ3v) is 6.41. The van der Waals surface area contributed by atoms with Gasteiger partial charge in [0.1, 0.15) is 0 Å². The van der Waals surface area contributed by atoms with E-state index in [4.69, 9.17) is 14.3 Å². The van der Waals surface area contributed by atoms with Crippen molar-refractivity contribution in [3.05, 3.63) is 65.2 Å². The topological polar surface area (TPSA) is 82.6 Å². The number of hydrogen-bond acceptors (Lipinski definition) is 8. The van der Waals surface area contributed by atoms with E-state index in [0.717, 1.165) is 12.8 Å². The molecule has 7 nitrogen and oxygen atoms in total. The smallest absolute Gasteiger partial charge is 0.327 e. The van der Waals surface area contributed by atoms with Crippen molar-refractivity contribution in [2.24, 2.45) is 5.92 Å². The lowest BCUT2D eigenvalue weighted by molar-refractivity contribution is -0.153. The molecular weight excluding hydrogens is 438 g/mol. The fourth-order valence-corrected chi connectivity index (χ4v) is 4.37. The van der Waals surface area contributed by atoms with Gasteiger partial charge >= 0.3 is 5.97 Å². The van der Waals surface area contributed by atoms with Crippen molar-refractivity contribution >= 4 is 17.7 Å². The molecule has 1 aromatic heterocycles. The number of methoxy groups -OCH3 is 2. The number of carbonyl (C=O) groups excluding carboxylic acids is 1. The lowest BCUT2D eigenvalue weighted by atomic mass is 9.97. The van der Waals surface area contributed by atoms with Crippen molar-refractivity contribution < 1.29 is 19.1 Å². The van der Waals surface area contributed by atoms with Gasteiger partial charge < -0.3 is 14.3 Å². The third kappa shape index (κ3) is 5.64. The van der Waals surface area contributed by atoms with Crippen molar-refractivity contribution in [2.75, 3.05) is 14.2 Å². The van der Waals surface area contributed by atoms with Crippen molar-refractivity contribution in [1.82, 2.24) is 15.4 Å². The molecule has 8 heteroatoms. The molecule has 0 saturated heterocycles. The fourth-order valence-electron chi connectivity index (χ4n) is 3.47. The second-order valence-electron chi connectivity index (χ2n) is 7.76. The summed E-state index contributed by atoms with van der Waals surface area (Å²) in [6.07, 6.45) is 1.77. The summed E-state index contributed by atoms with van der Waals surface area (Å²) in [6.45, 7) is 2.33. The van der Waals surface area contributed by atoms with Gasteiger partial charge in [0.05, 0.1) is 32.2 Å². The maximum atomic E-state index is 11.7. The van der Waals surface area contributed by atoms with Gasteiger partial charge in [-0.2, -0.15) is 9.97 Å². The van der Waals surface area contributed by atoms with Crippen molar-refractivity contribution in [3.8, 4) is 22.9 Å². The quantitative estimate of drug-likeness (QED) is 0.262. The molecule has 0 unspecified atom stereocenters. The normalized spacial score (nSPS) is 12.9. The van der Waals surface area contributed by atoms with Gasteiger partial charge in [-0.1, -0.05) is 60.3 Å². The highest BCUT2D eigenvalue weighted by molar-refractivity contribution is 7.98. The van der Waals surface area contributed by atoms with Crippen LogP contribution in [0.4, 0.5) is 0 Å². The molecule has 0 radical (unpaired) electrons. The first-order chi connectivity index (χ1) is 16.1. The molecule has 0 aliphatic heterocycles. The second kappa shape index (κ2) is 10.7. The fraction of sp³-hybridized carbons (Fsp3) is 0.320. The maximum Gasteiger partial charge on any atom is 0.327 e. The van der Waals surface area contributed by atoms with Gasteiger partial charge in [0.25, 0.3) is 0 Å². The molecule has 0 bridgehead atoms. The summed E-state index contributed by atoms with van der Waals surface area (Å²) in [5, 5.41) is 0.548. The zero-order chi connectivity index (χ0) is 23.2. The number of nitrogens with one attached hydrogen (secondary N) is 1. The molecule has 172 valence electrons. The third-order valence-electron chi connectivity index (χ3n) is 5.52. The number of hydroxylamine groups is 1. The molecule has 0 atom stereocenters. The number of ether oxygens (including phenoxy) is 2. The Morgan fingerprint density at radius 3 is 2.36 bits per heavy atom. The first-order valence-electron chi connectivity index (χ1n) is 10.8. The zero-order valence-corrected chi connectivity index (χ0v) is 19.8. The minimum Gasteiger partial charge on any atom is -0.481 e. The molecule has 1 N–H and O–H groups in total. The van der Waals surface area contributed by atoms with E-state index in [0.29, 0.717) is 28.2 Å². The summed E-state index contributed by atoms with van der Waals surface area (Å²) in [6, 6.07) is 16.7. The zero-order valence-electron chi connectivity index (χ0n) is 19.0. The Bertz CT molecular complexity index is 1090. The van der Waals surface area contributed by atoms with Crippen LogP contribution in [0.25, 0.3) is 11.1 Å². The Morgan fingerprint density at radius 2 is 1.73 bits per heavy atom. The van der Waals surface area contributed by atoms with Gasteiger partial charge in [-0.25, -0.2) is 0 Å². The van der Waals surface area contributed by atoms with Crippen LogP contribution in [-0.4, -0.2) is 30.2 Å². The Kier molecular flexibility index (Phi) is 7.47. The van der Waals surface area contributed by atoms with E-state index in [1.165, 1.54) is 34.0 Å². The number of carbonyl (C=O) groups is 1. The maximum absolute atomic E-state index is 11.7. The van der Waals surface area contributed by atoms with Crippen LogP contribution in [0.1, 0.15) is 29.5 Å². The summed E-state index contributed by atoms with van der Waals surface area (Å²) < 4.78 is 10.9. The number of aromatic nitrogens is 2. The number of nitrogens with zero attached hydrogens (tertiary/aromatic N) is 2.